The highest BCUT2D eigenvalue weighted by Crippen LogP contribution is 2.20. The first-order chi connectivity index (χ1) is 12.4. The maximum Gasteiger partial charge on any atom is 0.420 e. The Morgan fingerprint density at radius 3 is 2.50 bits per heavy atom. The molecule has 2 aromatic carbocycles. The van der Waals surface area contributed by atoms with Crippen LogP contribution >= 0.6 is 11.6 Å². The standard InChI is InChI=1S/C18H14ClN3O4/c1-20-12-5-3-10(7-13(12)21(2)17(20)24)15(23)9-22-14-8-11(19)4-6-16(14)26-18(22)25/h3-8H,9H2,1-2H3. The van der Waals surface area contributed by atoms with Crippen molar-refractivity contribution in [3.05, 3.63) is 68.0 Å². The van der Waals surface area contributed by atoms with E-state index in [2.05, 4.69) is 0 Å². The van der Waals surface area contributed by atoms with E-state index in [4.69, 9.17) is 16.0 Å². The molecule has 2 aromatic heterocycles. The summed E-state index contributed by atoms with van der Waals surface area (Å²) in [6.45, 7) is -0.182. The fraction of sp³-hybridized carbons (Fsp3) is 0.167. The van der Waals surface area contributed by atoms with Gasteiger partial charge in [0.15, 0.2) is 11.4 Å². The molecule has 26 heavy (non-hydrogen) atoms. The summed E-state index contributed by atoms with van der Waals surface area (Å²) < 4.78 is 9.39. The van der Waals surface area contributed by atoms with E-state index in [9.17, 15) is 14.4 Å². The molecule has 0 aliphatic heterocycles. The molecule has 0 saturated heterocycles. The van der Waals surface area contributed by atoms with Crippen LogP contribution < -0.4 is 11.4 Å². The first-order valence-corrected chi connectivity index (χ1v) is 8.22. The van der Waals surface area contributed by atoms with Crippen LogP contribution in [0, 0.1) is 0 Å². The fourth-order valence-electron chi connectivity index (χ4n) is 3.10. The number of benzene rings is 2. The van der Waals surface area contributed by atoms with Crippen LogP contribution in [0.1, 0.15) is 10.4 Å². The number of imidazole rings is 1. The first kappa shape index (κ1) is 16.4. The van der Waals surface area contributed by atoms with Gasteiger partial charge in [-0.1, -0.05) is 11.6 Å². The lowest BCUT2D eigenvalue weighted by Crippen LogP contribution is -2.20. The molecule has 0 aliphatic rings. The van der Waals surface area contributed by atoms with Crippen molar-refractivity contribution in [2.45, 2.75) is 6.54 Å². The largest absolute Gasteiger partial charge is 0.420 e. The quantitative estimate of drug-likeness (QED) is 0.518. The lowest BCUT2D eigenvalue weighted by atomic mass is 10.1. The van der Waals surface area contributed by atoms with Gasteiger partial charge in [-0.15, -0.1) is 0 Å². The number of Topliss-reactive ketones (excluding diaryl/α,β-unsaturated/α-hetero) is 1. The molecule has 0 atom stereocenters. The predicted octanol–water partition coefficient (Wildman–Crippen LogP) is 2.32. The Morgan fingerprint density at radius 2 is 1.73 bits per heavy atom. The van der Waals surface area contributed by atoms with Crippen molar-refractivity contribution < 1.29 is 9.21 Å². The van der Waals surface area contributed by atoms with Crippen molar-refractivity contribution in [3.63, 3.8) is 0 Å². The molecule has 0 radical (unpaired) electrons. The van der Waals surface area contributed by atoms with E-state index >= 15 is 0 Å². The third kappa shape index (κ3) is 2.40. The minimum atomic E-state index is -0.621. The number of carbonyl (C=O) groups excluding carboxylic acids is 1. The van der Waals surface area contributed by atoms with Crippen LogP contribution in [0.15, 0.2) is 50.4 Å². The van der Waals surface area contributed by atoms with E-state index in [1.54, 1.807) is 50.5 Å². The van der Waals surface area contributed by atoms with Crippen molar-refractivity contribution >= 4 is 39.5 Å². The zero-order chi connectivity index (χ0) is 18.6. The van der Waals surface area contributed by atoms with Crippen LogP contribution in [0.4, 0.5) is 0 Å². The van der Waals surface area contributed by atoms with Gasteiger partial charge in [0.05, 0.1) is 23.1 Å². The second-order valence-electron chi connectivity index (χ2n) is 6.09. The number of hydrogen-bond donors (Lipinski definition) is 0. The van der Waals surface area contributed by atoms with E-state index in [-0.39, 0.29) is 18.0 Å². The third-order valence-electron chi connectivity index (χ3n) is 4.53. The topological polar surface area (TPSA) is 79.1 Å². The highest BCUT2D eigenvalue weighted by atomic mass is 35.5. The van der Waals surface area contributed by atoms with Crippen molar-refractivity contribution in [2.75, 3.05) is 0 Å². The average molecular weight is 372 g/mol. The van der Waals surface area contributed by atoms with Gasteiger partial charge in [-0.25, -0.2) is 9.59 Å². The Hall–Kier alpha value is -3.06. The Bertz CT molecular complexity index is 1310. The van der Waals surface area contributed by atoms with E-state index < -0.39 is 5.76 Å². The van der Waals surface area contributed by atoms with Gasteiger partial charge in [0, 0.05) is 24.7 Å². The SMILES string of the molecule is Cn1c(=O)n(C)c2cc(C(=O)Cn3c(=O)oc4ccc(Cl)cc43)ccc21. The number of fused-ring (bicyclic) bond motifs is 2. The number of aryl methyl sites for hydroxylation is 2. The Kier molecular flexibility index (Phi) is 3.62. The summed E-state index contributed by atoms with van der Waals surface area (Å²) in [5, 5.41) is 0.445. The second kappa shape index (κ2) is 5.74. The van der Waals surface area contributed by atoms with Gasteiger partial charge in [0.2, 0.25) is 0 Å². The smallest absolute Gasteiger partial charge is 0.408 e. The van der Waals surface area contributed by atoms with Crippen LogP contribution in [0.2, 0.25) is 5.02 Å². The van der Waals surface area contributed by atoms with Crippen molar-refractivity contribution in [3.8, 4) is 0 Å². The van der Waals surface area contributed by atoms with E-state index in [1.165, 1.54) is 13.7 Å². The molecule has 0 N–H and O–H groups in total. The van der Waals surface area contributed by atoms with Gasteiger partial charge in [-0.2, -0.15) is 0 Å². The van der Waals surface area contributed by atoms with E-state index in [0.29, 0.717) is 27.2 Å². The molecular formula is C18H14ClN3O4. The molecule has 0 saturated carbocycles. The molecule has 0 bridgehead atoms. The van der Waals surface area contributed by atoms with E-state index in [0.717, 1.165) is 5.52 Å². The number of halogens is 1. The summed E-state index contributed by atoms with van der Waals surface area (Å²) in [4.78, 5) is 36.8. The molecule has 0 amide bonds. The second-order valence-corrected chi connectivity index (χ2v) is 6.53. The molecule has 8 heteroatoms. The normalized spacial score (nSPS) is 11.5. The zero-order valence-electron chi connectivity index (χ0n) is 14.0. The Morgan fingerprint density at radius 1 is 1.00 bits per heavy atom. The van der Waals surface area contributed by atoms with E-state index in [1.807, 2.05) is 0 Å². The average Bonchev–Trinajstić information content (AvgIpc) is 3.04. The van der Waals surface area contributed by atoms with Crippen molar-refractivity contribution in [1.29, 1.82) is 0 Å². The van der Waals surface area contributed by atoms with Gasteiger partial charge in [0.25, 0.3) is 0 Å². The molecule has 4 rings (SSSR count). The van der Waals surface area contributed by atoms with Gasteiger partial charge < -0.3 is 4.42 Å². The first-order valence-electron chi connectivity index (χ1n) is 7.84. The zero-order valence-corrected chi connectivity index (χ0v) is 14.8. The molecule has 0 unspecified atom stereocenters. The van der Waals surface area contributed by atoms with Crippen LogP contribution in [0.3, 0.4) is 0 Å². The molecule has 132 valence electrons. The summed E-state index contributed by atoms with van der Waals surface area (Å²) in [5.41, 5.74) is 2.44. The number of carbonyl (C=O) groups is 1. The van der Waals surface area contributed by atoms with Crippen molar-refractivity contribution in [1.82, 2.24) is 13.7 Å². The summed E-state index contributed by atoms with van der Waals surface area (Å²) in [7, 11) is 3.32. The minimum Gasteiger partial charge on any atom is -0.408 e. The Labute approximate surface area is 151 Å². The maximum atomic E-state index is 12.7. The monoisotopic (exact) mass is 371 g/mol. The van der Waals surface area contributed by atoms with Crippen LogP contribution in [-0.4, -0.2) is 19.5 Å². The van der Waals surface area contributed by atoms with Crippen LogP contribution in [-0.2, 0) is 20.6 Å². The number of oxazole rings is 1. The number of hydrogen-bond acceptors (Lipinski definition) is 4. The minimum absolute atomic E-state index is 0.170. The molecule has 0 fully saturated rings. The maximum absolute atomic E-state index is 12.7. The molecule has 4 aromatic rings. The summed E-state index contributed by atoms with van der Waals surface area (Å²) >= 11 is 5.98. The third-order valence-corrected chi connectivity index (χ3v) is 4.76. The fourth-order valence-corrected chi connectivity index (χ4v) is 3.27. The van der Waals surface area contributed by atoms with Gasteiger partial charge in [-0.05, 0) is 36.4 Å². The Balaban J connectivity index is 1.78. The number of nitrogens with zero attached hydrogens (tertiary/aromatic N) is 3. The summed E-state index contributed by atoms with van der Waals surface area (Å²) in [6.07, 6.45) is 0. The van der Waals surface area contributed by atoms with Gasteiger partial charge >= 0.3 is 11.4 Å². The summed E-state index contributed by atoms with van der Waals surface area (Å²) in [6, 6.07) is 9.80. The molecule has 2 heterocycles. The van der Waals surface area contributed by atoms with Crippen LogP contribution in [0.25, 0.3) is 22.1 Å². The number of aromatic nitrogens is 3. The molecule has 0 aliphatic carbocycles. The van der Waals surface area contributed by atoms with Gasteiger partial charge in [-0.3, -0.25) is 18.5 Å². The lowest BCUT2D eigenvalue weighted by Gasteiger charge is -2.04. The van der Waals surface area contributed by atoms with Crippen molar-refractivity contribution in [2.24, 2.45) is 14.1 Å². The predicted molar refractivity (Wildman–Crippen MR) is 98.0 cm³/mol. The molecule has 7 nitrogen and oxygen atoms in total. The van der Waals surface area contributed by atoms with Crippen LogP contribution in [0.5, 0.6) is 0 Å². The molecular weight excluding hydrogens is 358 g/mol. The number of ketones is 1. The summed E-state index contributed by atoms with van der Waals surface area (Å²) in [5.74, 6) is -0.892. The lowest BCUT2D eigenvalue weighted by molar-refractivity contribution is 0.0970. The highest BCUT2D eigenvalue weighted by molar-refractivity contribution is 6.31. The molecule has 0 spiro atoms. The highest BCUT2D eigenvalue weighted by Gasteiger charge is 2.16. The number of rotatable bonds is 3. The van der Waals surface area contributed by atoms with Gasteiger partial charge in [0.1, 0.15) is 0 Å².